The van der Waals surface area contributed by atoms with E-state index in [9.17, 15) is 5.11 Å². The normalized spacial score (nSPS) is 23.0. The molecule has 23 heavy (non-hydrogen) atoms. The first-order valence-electron chi connectivity index (χ1n) is 8.26. The average Bonchev–Trinajstić information content (AvgIpc) is 2.64. The van der Waals surface area contributed by atoms with E-state index in [-0.39, 0.29) is 11.3 Å². The van der Waals surface area contributed by atoms with Crippen molar-refractivity contribution in [3.05, 3.63) is 59.7 Å². The fourth-order valence-corrected chi connectivity index (χ4v) is 4.44. The summed E-state index contributed by atoms with van der Waals surface area (Å²) in [7, 11) is 0. The lowest BCUT2D eigenvalue weighted by atomic mass is 9.75. The van der Waals surface area contributed by atoms with Gasteiger partial charge in [0, 0.05) is 34.2 Å². The molecule has 122 valence electrons. The molecule has 0 saturated heterocycles. The summed E-state index contributed by atoms with van der Waals surface area (Å²) in [5.41, 5.74) is 3.41. The summed E-state index contributed by atoms with van der Waals surface area (Å²) < 4.78 is 0. The second-order valence-electron chi connectivity index (χ2n) is 6.89. The third kappa shape index (κ3) is 3.26. The van der Waals surface area contributed by atoms with Gasteiger partial charge >= 0.3 is 0 Å². The van der Waals surface area contributed by atoms with Crippen molar-refractivity contribution in [1.29, 1.82) is 0 Å². The van der Waals surface area contributed by atoms with Crippen molar-refractivity contribution in [2.75, 3.05) is 17.6 Å². The molecule has 0 saturated carbocycles. The number of aliphatic hydroxyl groups excluding tert-OH is 1. The molecule has 0 radical (unpaired) electrons. The van der Waals surface area contributed by atoms with Crippen LogP contribution in [-0.2, 0) is 0 Å². The Balaban J connectivity index is 2.14. The number of anilines is 1. The van der Waals surface area contributed by atoms with Crippen LogP contribution in [0.25, 0.3) is 0 Å². The zero-order chi connectivity index (χ0) is 16.4. The molecule has 3 heteroatoms. The van der Waals surface area contributed by atoms with Gasteiger partial charge in [-0.25, -0.2) is 0 Å². The number of nitrogens with one attached hydrogen (secondary N) is 1. The summed E-state index contributed by atoms with van der Waals surface area (Å²) in [6, 6.07) is 17.0. The topological polar surface area (TPSA) is 32.3 Å². The Kier molecular flexibility index (Phi) is 4.69. The number of hydrogen-bond acceptors (Lipinski definition) is 3. The monoisotopic (exact) mass is 327 g/mol. The number of aliphatic hydroxyl groups is 1. The Morgan fingerprint density at radius 3 is 2.61 bits per heavy atom. The van der Waals surface area contributed by atoms with Crippen molar-refractivity contribution >= 4 is 17.4 Å². The lowest BCUT2D eigenvalue weighted by Crippen LogP contribution is -2.36. The molecule has 0 amide bonds. The maximum atomic E-state index is 11.2. The molecular weight excluding hydrogens is 302 g/mol. The number of thioether (sulfide) groups is 1. The molecule has 0 fully saturated rings. The third-order valence-electron chi connectivity index (χ3n) is 4.60. The van der Waals surface area contributed by atoms with Crippen molar-refractivity contribution < 1.29 is 5.11 Å². The lowest BCUT2D eigenvalue weighted by molar-refractivity contribution is 0.0529. The van der Waals surface area contributed by atoms with Crippen LogP contribution in [-0.4, -0.2) is 23.5 Å². The van der Waals surface area contributed by atoms with Crippen LogP contribution in [0.15, 0.2) is 53.4 Å². The van der Waals surface area contributed by atoms with Crippen LogP contribution in [0.3, 0.4) is 0 Å². The first kappa shape index (κ1) is 16.4. The van der Waals surface area contributed by atoms with E-state index in [1.54, 1.807) is 0 Å². The average molecular weight is 327 g/mol. The predicted molar refractivity (Wildman–Crippen MR) is 99.4 cm³/mol. The Labute approximate surface area is 143 Å². The standard InChI is InChI=1S/C20H25NOS/c1-4-21-15-10-11-17-16(12-15)18(14-8-6-5-7-9-14)19(22)20(2,3)13-23-17/h5-12,18-19,21-22H,4,13H2,1-3H3/t18-,19-/m1/s1. The van der Waals surface area contributed by atoms with E-state index in [0.29, 0.717) is 0 Å². The minimum Gasteiger partial charge on any atom is -0.392 e. The van der Waals surface area contributed by atoms with E-state index in [1.807, 2.05) is 17.8 Å². The van der Waals surface area contributed by atoms with Crippen molar-refractivity contribution in [2.24, 2.45) is 5.41 Å². The van der Waals surface area contributed by atoms with E-state index in [4.69, 9.17) is 0 Å². The van der Waals surface area contributed by atoms with Gasteiger partial charge in [-0.15, -0.1) is 11.8 Å². The smallest absolute Gasteiger partial charge is 0.0708 e. The Bertz CT molecular complexity index is 669. The summed E-state index contributed by atoms with van der Waals surface area (Å²) in [6.07, 6.45) is -0.407. The molecule has 0 aliphatic carbocycles. The van der Waals surface area contributed by atoms with E-state index < -0.39 is 6.10 Å². The Morgan fingerprint density at radius 1 is 1.17 bits per heavy atom. The molecule has 2 nitrogen and oxygen atoms in total. The molecule has 1 aliphatic heterocycles. The van der Waals surface area contributed by atoms with Gasteiger partial charge in [-0.2, -0.15) is 0 Å². The largest absolute Gasteiger partial charge is 0.392 e. The van der Waals surface area contributed by atoms with Crippen LogP contribution in [0.2, 0.25) is 0 Å². The molecular formula is C20H25NOS. The summed E-state index contributed by atoms with van der Waals surface area (Å²) >= 11 is 1.86. The van der Waals surface area contributed by atoms with Gasteiger partial charge in [0.25, 0.3) is 0 Å². The van der Waals surface area contributed by atoms with E-state index in [2.05, 4.69) is 68.6 Å². The van der Waals surface area contributed by atoms with Crippen molar-refractivity contribution in [3.8, 4) is 0 Å². The summed E-state index contributed by atoms with van der Waals surface area (Å²) in [5, 5.41) is 14.6. The molecule has 2 aromatic carbocycles. The lowest BCUT2D eigenvalue weighted by Gasteiger charge is -2.34. The van der Waals surface area contributed by atoms with Crippen LogP contribution in [0.1, 0.15) is 37.8 Å². The molecule has 1 aliphatic rings. The summed E-state index contributed by atoms with van der Waals surface area (Å²) in [5.74, 6) is 0.931. The minimum atomic E-state index is -0.407. The molecule has 0 aromatic heterocycles. The van der Waals surface area contributed by atoms with Crippen molar-refractivity contribution in [2.45, 2.75) is 37.7 Å². The fraction of sp³-hybridized carbons (Fsp3) is 0.400. The first-order valence-corrected chi connectivity index (χ1v) is 9.25. The van der Waals surface area contributed by atoms with Crippen LogP contribution >= 0.6 is 11.8 Å². The summed E-state index contributed by atoms with van der Waals surface area (Å²) in [6.45, 7) is 7.33. The Morgan fingerprint density at radius 2 is 1.91 bits per heavy atom. The van der Waals surface area contributed by atoms with Crippen molar-refractivity contribution in [3.63, 3.8) is 0 Å². The quantitative estimate of drug-likeness (QED) is 0.854. The second kappa shape index (κ2) is 6.58. The first-order chi connectivity index (χ1) is 11.0. The predicted octanol–water partition coefficient (Wildman–Crippen LogP) is 4.74. The highest BCUT2D eigenvalue weighted by Crippen LogP contribution is 2.47. The van der Waals surface area contributed by atoms with Gasteiger partial charge in [0.2, 0.25) is 0 Å². The highest BCUT2D eigenvalue weighted by molar-refractivity contribution is 7.99. The van der Waals surface area contributed by atoms with Gasteiger partial charge in [0.1, 0.15) is 0 Å². The van der Waals surface area contributed by atoms with Gasteiger partial charge in [-0.3, -0.25) is 0 Å². The maximum Gasteiger partial charge on any atom is 0.0708 e. The zero-order valence-electron chi connectivity index (χ0n) is 14.0. The maximum absolute atomic E-state index is 11.2. The highest BCUT2D eigenvalue weighted by Gasteiger charge is 2.39. The number of fused-ring (bicyclic) bond motifs is 1. The number of rotatable bonds is 3. The molecule has 2 N–H and O–H groups in total. The van der Waals surface area contributed by atoms with E-state index in [1.165, 1.54) is 16.0 Å². The highest BCUT2D eigenvalue weighted by atomic mass is 32.2. The molecule has 2 aromatic rings. The molecule has 1 heterocycles. The SMILES string of the molecule is CCNc1ccc2c(c1)[C@@H](c1ccccc1)[C@@H](O)C(C)(C)CS2. The van der Waals surface area contributed by atoms with Crippen LogP contribution in [0, 0.1) is 5.41 Å². The van der Waals surface area contributed by atoms with Gasteiger partial charge in [-0.1, -0.05) is 44.2 Å². The van der Waals surface area contributed by atoms with E-state index in [0.717, 1.165) is 18.0 Å². The van der Waals surface area contributed by atoms with Crippen LogP contribution < -0.4 is 5.32 Å². The molecule has 0 unspecified atom stereocenters. The van der Waals surface area contributed by atoms with Crippen molar-refractivity contribution in [1.82, 2.24) is 0 Å². The molecule has 2 atom stereocenters. The third-order valence-corrected chi connectivity index (χ3v) is 6.17. The minimum absolute atomic E-state index is 0.00908. The molecule has 0 bridgehead atoms. The molecule has 0 spiro atoms. The second-order valence-corrected chi connectivity index (χ2v) is 7.91. The summed E-state index contributed by atoms with van der Waals surface area (Å²) in [4.78, 5) is 1.28. The van der Waals surface area contributed by atoms with Crippen LogP contribution in [0.5, 0.6) is 0 Å². The van der Waals surface area contributed by atoms with Gasteiger partial charge < -0.3 is 10.4 Å². The molecule has 3 rings (SSSR count). The van der Waals surface area contributed by atoms with Gasteiger partial charge in [0.05, 0.1) is 6.10 Å². The van der Waals surface area contributed by atoms with Gasteiger partial charge in [-0.05, 0) is 36.2 Å². The number of hydrogen-bond donors (Lipinski definition) is 2. The van der Waals surface area contributed by atoms with Crippen LogP contribution in [0.4, 0.5) is 5.69 Å². The zero-order valence-corrected chi connectivity index (χ0v) is 14.9. The fourth-order valence-electron chi connectivity index (χ4n) is 3.23. The Hall–Kier alpha value is -1.45. The van der Waals surface area contributed by atoms with E-state index >= 15 is 0 Å². The van der Waals surface area contributed by atoms with Gasteiger partial charge in [0.15, 0.2) is 0 Å². The number of benzene rings is 2.